The van der Waals surface area contributed by atoms with Crippen molar-refractivity contribution in [3.05, 3.63) is 74.7 Å². The van der Waals surface area contributed by atoms with Gasteiger partial charge in [0.1, 0.15) is 0 Å². The normalized spacial score (nSPS) is 10.6. The van der Waals surface area contributed by atoms with E-state index in [2.05, 4.69) is 5.10 Å². The molecule has 8 heteroatoms. The smallest absolute Gasteiger partial charge is 0.274 e. The Hall–Kier alpha value is -3.00. The zero-order valence-corrected chi connectivity index (χ0v) is 14.3. The van der Waals surface area contributed by atoms with Gasteiger partial charge in [-0.2, -0.15) is 5.10 Å². The molecule has 0 saturated heterocycles. The van der Waals surface area contributed by atoms with Gasteiger partial charge in [-0.15, -0.1) is 11.3 Å². The van der Waals surface area contributed by atoms with Crippen LogP contribution in [0.5, 0.6) is 0 Å². The van der Waals surface area contributed by atoms with Crippen LogP contribution in [-0.4, -0.2) is 32.1 Å². The van der Waals surface area contributed by atoms with E-state index < -0.39 is 4.92 Å². The van der Waals surface area contributed by atoms with Crippen LogP contribution in [0.2, 0.25) is 0 Å². The Morgan fingerprint density at radius 2 is 2.04 bits per heavy atom. The fourth-order valence-corrected chi connectivity index (χ4v) is 3.11. The standard InChI is InChI=1S/C17H16N4O3S/c1-2-19(12-15-4-3-11-25-15)17(22)16-9-10-20(18-16)13-5-7-14(8-6-13)21(23)24/h3-11H,2,12H2,1H3. The molecular weight excluding hydrogens is 340 g/mol. The first-order chi connectivity index (χ1) is 12.1. The highest BCUT2D eigenvalue weighted by atomic mass is 32.1. The van der Waals surface area contributed by atoms with E-state index in [1.165, 1.54) is 16.8 Å². The van der Waals surface area contributed by atoms with Gasteiger partial charge in [0.05, 0.1) is 17.2 Å². The maximum Gasteiger partial charge on any atom is 0.274 e. The molecule has 0 aliphatic rings. The highest BCUT2D eigenvalue weighted by Crippen LogP contribution is 2.17. The van der Waals surface area contributed by atoms with Crippen LogP contribution in [0.3, 0.4) is 0 Å². The monoisotopic (exact) mass is 356 g/mol. The van der Waals surface area contributed by atoms with Crippen molar-refractivity contribution in [1.82, 2.24) is 14.7 Å². The number of nitro groups is 1. The zero-order chi connectivity index (χ0) is 17.8. The predicted molar refractivity (Wildman–Crippen MR) is 95.0 cm³/mol. The van der Waals surface area contributed by atoms with Crippen LogP contribution in [-0.2, 0) is 6.54 Å². The number of hydrogen-bond acceptors (Lipinski definition) is 5. The number of thiophene rings is 1. The topological polar surface area (TPSA) is 81.3 Å². The van der Waals surface area contributed by atoms with Gasteiger partial charge >= 0.3 is 0 Å². The predicted octanol–water partition coefficient (Wildman–Crippen LogP) is 3.50. The maximum absolute atomic E-state index is 12.7. The van der Waals surface area contributed by atoms with Crippen molar-refractivity contribution < 1.29 is 9.72 Å². The molecule has 128 valence electrons. The fraction of sp³-hybridized carbons (Fsp3) is 0.176. The third-order valence-corrected chi connectivity index (χ3v) is 4.59. The van der Waals surface area contributed by atoms with Crippen molar-refractivity contribution >= 4 is 22.9 Å². The fourth-order valence-electron chi connectivity index (χ4n) is 2.39. The molecule has 3 aromatic rings. The molecule has 2 heterocycles. The van der Waals surface area contributed by atoms with Crippen molar-refractivity contribution in [2.75, 3.05) is 6.54 Å². The Morgan fingerprint density at radius 1 is 1.28 bits per heavy atom. The van der Waals surface area contributed by atoms with Gasteiger partial charge < -0.3 is 4.90 Å². The summed E-state index contributed by atoms with van der Waals surface area (Å²) < 4.78 is 1.54. The van der Waals surface area contributed by atoms with E-state index in [4.69, 9.17) is 0 Å². The second-order valence-corrected chi connectivity index (χ2v) is 6.35. The summed E-state index contributed by atoms with van der Waals surface area (Å²) in [4.78, 5) is 25.8. The molecule has 25 heavy (non-hydrogen) atoms. The SMILES string of the molecule is CCN(Cc1cccs1)C(=O)c1ccn(-c2ccc([N+](=O)[O-])cc2)n1. The minimum absolute atomic E-state index is 0.0142. The van der Waals surface area contributed by atoms with Crippen LogP contribution in [0.25, 0.3) is 5.69 Å². The van der Waals surface area contributed by atoms with Gasteiger partial charge in [-0.25, -0.2) is 4.68 Å². The Balaban J connectivity index is 1.77. The van der Waals surface area contributed by atoms with E-state index in [9.17, 15) is 14.9 Å². The second-order valence-electron chi connectivity index (χ2n) is 5.32. The summed E-state index contributed by atoms with van der Waals surface area (Å²) in [6, 6.07) is 11.6. The molecule has 0 fully saturated rings. The van der Waals surface area contributed by atoms with Crippen molar-refractivity contribution in [2.24, 2.45) is 0 Å². The number of rotatable bonds is 6. The lowest BCUT2D eigenvalue weighted by Crippen LogP contribution is -2.30. The van der Waals surface area contributed by atoms with Crippen LogP contribution < -0.4 is 0 Å². The number of amides is 1. The quantitative estimate of drug-likeness (QED) is 0.500. The molecule has 0 aliphatic carbocycles. The van der Waals surface area contributed by atoms with Gasteiger partial charge in [0, 0.05) is 29.8 Å². The number of non-ortho nitro benzene ring substituents is 1. The van der Waals surface area contributed by atoms with E-state index in [1.807, 2.05) is 24.4 Å². The molecular formula is C17H16N4O3S. The van der Waals surface area contributed by atoms with Crippen molar-refractivity contribution in [3.63, 3.8) is 0 Å². The molecule has 1 amide bonds. The van der Waals surface area contributed by atoms with E-state index >= 15 is 0 Å². The molecule has 3 rings (SSSR count). The Labute approximate surface area is 148 Å². The van der Waals surface area contributed by atoms with Crippen molar-refractivity contribution in [2.45, 2.75) is 13.5 Å². The van der Waals surface area contributed by atoms with Gasteiger partial charge in [0.2, 0.25) is 0 Å². The number of carbonyl (C=O) groups excluding carboxylic acids is 1. The zero-order valence-electron chi connectivity index (χ0n) is 13.5. The first kappa shape index (κ1) is 16.8. The third-order valence-electron chi connectivity index (χ3n) is 3.73. The van der Waals surface area contributed by atoms with Crippen LogP contribution in [0.1, 0.15) is 22.3 Å². The minimum Gasteiger partial charge on any atom is -0.332 e. The van der Waals surface area contributed by atoms with E-state index in [0.29, 0.717) is 24.5 Å². The summed E-state index contributed by atoms with van der Waals surface area (Å²) >= 11 is 1.61. The first-order valence-electron chi connectivity index (χ1n) is 7.70. The third kappa shape index (κ3) is 3.74. The molecule has 7 nitrogen and oxygen atoms in total. The number of hydrogen-bond donors (Lipinski definition) is 0. The van der Waals surface area contributed by atoms with Crippen LogP contribution in [0, 0.1) is 10.1 Å². The molecule has 0 unspecified atom stereocenters. The van der Waals surface area contributed by atoms with E-state index in [1.54, 1.807) is 40.6 Å². The lowest BCUT2D eigenvalue weighted by atomic mass is 10.3. The highest BCUT2D eigenvalue weighted by molar-refractivity contribution is 7.09. The number of nitrogens with zero attached hydrogens (tertiary/aromatic N) is 4. The number of carbonyl (C=O) groups is 1. The van der Waals surface area contributed by atoms with Crippen LogP contribution in [0.4, 0.5) is 5.69 Å². The lowest BCUT2D eigenvalue weighted by Gasteiger charge is -2.18. The summed E-state index contributed by atoms with van der Waals surface area (Å²) in [5.41, 5.74) is 1.02. The summed E-state index contributed by atoms with van der Waals surface area (Å²) in [6.07, 6.45) is 1.67. The van der Waals surface area contributed by atoms with E-state index in [0.717, 1.165) is 4.88 Å². The lowest BCUT2D eigenvalue weighted by molar-refractivity contribution is -0.384. The minimum atomic E-state index is -0.453. The Kier molecular flexibility index (Phi) is 4.90. The Morgan fingerprint density at radius 3 is 2.64 bits per heavy atom. The number of benzene rings is 1. The van der Waals surface area contributed by atoms with Crippen molar-refractivity contribution in [3.8, 4) is 5.69 Å². The Bertz CT molecular complexity index is 872. The number of aromatic nitrogens is 2. The van der Waals surface area contributed by atoms with Gasteiger partial charge in [0.15, 0.2) is 5.69 Å². The molecule has 1 aromatic carbocycles. The molecule has 0 saturated carbocycles. The van der Waals surface area contributed by atoms with Gasteiger partial charge in [-0.3, -0.25) is 14.9 Å². The van der Waals surface area contributed by atoms with Gasteiger partial charge in [0.25, 0.3) is 11.6 Å². The molecule has 0 N–H and O–H groups in total. The summed E-state index contributed by atoms with van der Waals surface area (Å²) in [5.74, 6) is -0.142. The molecule has 0 spiro atoms. The summed E-state index contributed by atoms with van der Waals surface area (Å²) in [5, 5.41) is 17.0. The van der Waals surface area contributed by atoms with Gasteiger partial charge in [-0.1, -0.05) is 6.07 Å². The van der Waals surface area contributed by atoms with E-state index in [-0.39, 0.29) is 11.6 Å². The van der Waals surface area contributed by atoms with Crippen molar-refractivity contribution in [1.29, 1.82) is 0 Å². The second kappa shape index (κ2) is 7.27. The van der Waals surface area contributed by atoms with Crippen LogP contribution in [0.15, 0.2) is 54.0 Å². The number of nitro benzene ring substituents is 1. The molecule has 0 radical (unpaired) electrons. The molecule has 0 aliphatic heterocycles. The largest absolute Gasteiger partial charge is 0.332 e. The van der Waals surface area contributed by atoms with Gasteiger partial charge in [-0.05, 0) is 36.6 Å². The van der Waals surface area contributed by atoms with Crippen LogP contribution >= 0.6 is 11.3 Å². The summed E-state index contributed by atoms with van der Waals surface area (Å²) in [6.45, 7) is 3.07. The molecule has 0 atom stereocenters. The molecule has 2 aromatic heterocycles. The average molecular weight is 356 g/mol. The average Bonchev–Trinajstić information content (AvgIpc) is 3.31. The molecule has 0 bridgehead atoms. The maximum atomic E-state index is 12.7. The highest BCUT2D eigenvalue weighted by Gasteiger charge is 2.18. The summed E-state index contributed by atoms with van der Waals surface area (Å²) in [7, 11) is 0. The first-order valence-corrected chi connectivity index (χ1v) is 8.58.